The van der Waals surface area contributed by atoms with E-state index in [1.165, 1.54) is 6.42 Å². The van der Waals surface area contributed by atoms with Crippen molar-refractivity contribution in [1.82, 2.24) is 4.90 Å². The second kappa shape index (κ2) is 7.27. The van der Waals surface area contributed by atoms with Crippen molar-refractivity contribution in [3.63, 3.8) is 0 Å². The zero-order chi connectivity index (χ0) is 12.1. The van der Waals surface area contributed by atoms with Crippen molar-refractivity contribution >= 4 is 24.0 Å². The maximum Gasteiger partial charge on any atom is 0.241 e. The van der Waals surface area contributed by atoms with Crippen molar-refractivity contribution in [1.29, 1.82) is 0 Å². The van der Waals surface area contributed by atoms with Gasteiger partial charge < -0.3 is 10.2 Å². The van der Waals surface area contributed by atoms with Crippen LogP contribution in [0.5, 0.6) is 0 Å². The summed E-state index contributed by atoms with van der Waals surface area (Å²) < 4.78 is 0. The van der Waals surface area contributed by atoms with Crippen LogP contribution in [0.25, 0.3) is 0 Å². The molecule has 1 aromatic rings. The van der Waals surface area contributed by atoms with Gasteiger partial charge in [-0.3, -0.25) is 4.79 Å². The topological polar surface area (TPSA) is 32.3 Å². The van der Waals surface area contributed by atoms with Gasteiger partial charge in [-0.25, -0.2) is 0 Å². The number of nitrogens with zero attached hydrogens (tertiary/aromatic N) is 1. The number of hydrogen-bond acceptors (Lipinski definition) is 2. The minimum Gasteiger partial charge on any atom is -0.376 e. The second-order valence-corrected chi connectivity index (χ2v) is 4.81. The summed E-state index contributed by atoms with van der Waals surface area (Å²) in [4.78, 5) is 14.0. The first kappa shape index (κ1) is 14.8. The molecule has 1 N–H and O–H groups in total. The standard InChI is InChI=1S/C14H20N2O.ClH/c1-12-6-5-9-16(11-12)14(17)10-15-13-7-3-2-4-8-13;/h2-4,7-8,12,15H,5-6,9-11H2,1H3;1H. The lowest BCUT2D eigenvalue weighted by molar-refractivity contribution is -0.130. The Morgan fingerprint density at radius 3 is 2.78 bits per heavy atom. The van der Waals surface area contributed by atoms with E-state index >= 15 is 0 Å². The Bertz CT molecular complexity index is 369. The number of likely N-dealkylation sites (tertiary alicyclic amines) is 1. The Labute approximate surface area is 115 Å². The third kappa shape index (κ3) is 4.22. The average Bonchev–Trinajstić information content (AvgIpc) is 2.37. The third-order valence-electron chi connectivity index (χ3n) is 3.23. The van der Waals surface area contributed by atoms with Crippen LogP contribution in [0.1, 0.15) is 19.8 Å². The number of nitrogens with one attached hydrogen (secondary N) is 1. The third-order valence-corrected chi connectivity index (χ3v) is 3.23. The number of benzene rings is 1. The van der Waals surface area contributed by atoms with Gasteiger partial charge in [-0.1, -0.05) is 25.1 Å². The van der Waals surface area contributed by atoms with Crippen LogP contribution in [0, 0.1) is 5.92 Å². The first-order chi connectivity index (χ1) is 8.25. The van der Waals surface area contributed by atoms with E-state index in [0.717, 1.165) is 25.2 Å². The quantitative estimate of drug-likeness (QED) is 0.914. The van der Waals surface area contributed by atoms with Gasteiger partial charge >= 0.3 is 0 Å². The van der Waals surface area contributed by atoms with E-state index in [9.17, 15) is 4.79 Å². The van der Waals surface area contributed by atoms with E-state index in [4.69, 9.17) is 0 Å². The second-order valence-electron chi connectivity index (χ2n) is 4.81. The minimum absolute atomic E-state index is 0. The molecule has 1 heterocycles. The predicted molar refractivity (Wildman–Crippen MR) is 77.2 cm³/mol. The highest BCUT2D eigenvalue weighted by atomic mass is 35.5. The van der Waals surface area contributed by atoms with Crippen molar-refractivity contribution in [3.05, 3.63) is 30.3 Å². The summed E-state index contributed by atoms with van der Waals surface area (Å²) >= 11 is 0. The lowest BCUT2D eigenvalue weighted by Crippen LogP contribution is -2.41. The Balaban J connectivity index is 0.00000162. The van der Waals surface area contributed by atoms with Gasteiger partial charge in [-0.15, -0.1) is 12.4 Å². The Kier molecular flexibility index (Phi) is 5.99. The van der Waals surface area contributed by atoms with Gasteiger partial charge in [-0.05, 0) is 30.9 Å². The van der Waals surface area contributed by atoms with E-state index < -0.39 is 0 Å². The summed E-state index contributed by atoms with van der Waals surface area (Å²) in [6, 6.07) is 9.86. The van der Waals surface area contributed by atoms with Gasteiger partial charge in [0.05, 0.1) is 6.54 Å². The summed E-state index contributed by atoms with van der Waals surface area (Å²) in [6.45, 7) is 4.44. The van der Waals surface area contributed by atoms with E-state index in [-0.39, 0.29) is 18.3 Å². The molecule has 3 nitrogen and oxygen atoms in total. The minimum atomic E-state index is 0. The fraction of sp³-hybridized carbons (Fsp3) is 0.500. The van der Waals surface area contributed by atoms with Crippen LogP contribution in [0.4, 0.5) is 5.69 Å². The molecule has 2 rings (SSSR count). The SMILES string of the molecule is CC1CCCN(C(=O)CNc2ccccc2)C1.Cl. The highest BCUT2D eigenvalue weighted by molar-refractivity contribution is 5.85. The summed E-state index contributed by atoms with van der Waals surface area (Å²) in [5, 5.41) is 3.17. The summed E-state index contributed by atoms with van der Waals surface area (Å²) in [6.07, 6.45) is 2.38. The molecule has 0 aromatic heterocycles. The molecule has 0 aliphatic carbocycles. The normalized spacial score (nSPS) is 18.9. The van der Waals surface area contributed by atoms with E-state index in [1.807, 2.05) is 35.2 Å². The first-order valence-corrected chi connectivity index (χ1v) is 6.32. The molecule has 1 unspecified atom stereocenters. The van der Waals surface area contributed by atoms with Crippen molar-refractivity contribution in [2.45, 2.75) is 19.8 Å². The molecule has 1 amide bonds. The predicted octanol–water partition coefficient (Wildman–Crippen LogP) is 2.78. The molecule has 4 heteroatoms. The number of carbonyl (C=O) groups excluding carboxylic acids is 1. The molecule has 1 saturated heterocycles. The zero-order valence-corrected chi connectivity index (χ0v) is 11.6. The molecule has 0 bridgehead atoms. The number of amides is 1. The van der Waals surface area contributed by atoms with E-state index in [1.54, 1.807) is 0 Å². The molecule has 1 aromatic carbocycles. The largest absolute Gasteiger partial charge is 0.376 e. The highest BCUT2D eigenvalue weighted by Gasteiger charge is 2.20. The molecule has 1 aliphatic rings. The fourth-order valence-electron chi connectivity index (χ4n) is 2.26. The monoisotopic (exact) mass is 268 g/mol. The molecule has 1 aliphatic heterocycles. The van der Waals surface area contributed by atoms with Crippen LogP contribution in [0.3, 0.4) is 0 Å². The van der Waals surface area contributed by atoms with Crippen LogP contribution in [-0.4, -0.2) is 30.4 Å². The summed E-state index contributed by atoms with van der Waals surface area (Å²) in [5.41, 5.74) is 1.01. The van der Waals surface area contributed by atoms with Gasteiger partial charge in [0.15, 0.2) is 0 Å². The number of piperidine rings is 1. The molecule has 0 radical (unpaired) electrons. The van der Waals surface area contributed by atoms with Crippen LogP contribution in [0.2, 0.25) is 0 Å². The number of halogens is 1. The lowest BCUT2D eigenvalue weighted by atomic mass is 10.0. The molecule has 0 spiro atoms. The van der Waals surface area contributed by atoms with Crippen LogP contribution >= 0.6 is 12.4 Å². The van der Waals surface area contributed by atoms with Gasteiger partial charge in [0.25, 0.3) is 0 Å². The number of para-hydroxylation sites is 1. The number of carbonyl (C=O) groups is 1. The van der Waals surface area contributed by atoms with E-state index in [2.05, 4.69) is 12.2 Å². The first-order valence-electron chi connectivity index (χ1n) is 6.32. The Morgan fingerprint density at radius 1 is 1.39 bits per heavy atom. The molecule has 0 saturated carbocycles. The average molecular weight is 269 g/mol. The molecule has 100 valence electrons. The fourth-order valence-corrected chi connectivity index (χ4v) is 2.26. The van der Waals surface area contributed by atoms with Gasteiger partial charge in [0.1, 0.15) is 0 Å². The maximum absolute atomic E-state index is 12.0. The lowest BCUT2D eigenvalue weighted by Gasteiger charge is -2.31. The van der Waals surface area contributed by atoms with Crippen molar-refractivity contribution in [2.24, 2.45) is 5.92 Å². The van der Waals surface area contributed by atoms with Gasteiger partial charge in [0, 0.05) is 18.8 Å². The summed E-state index contributed by atoms with van der Waals surface area (Å²) in [5.74, 6) is 0.852. The smallest absolute Gasteiger partial charge is 0.241 e. The molecular formula is C14H21ClN2O. The van der Waals surface area contributed by atoms with E-state index in [0.29, 0.717) is 12.5 Å². The Hall–Kier alpha value is -1.22. The number of rotatable bonds is 3. The van der Waals surface area contributed by atoms with Crippen molar-refractivity contribution in [2.75, 3.05) is 25.0 Å². The number of hydrogen-bond donors (Lipinski definition) is 1. The Morgan fingerprint density at radius 2 is 2.11 bits per heavy atom. The van der Waals surface area contributed by atoms with Gasteiger partial charge in [-0.2, -0.15) is 0 Å². The highest BCUT2D eigenvalue weighted by Crippen LogP contribution is 2.15. The van der Waals surface area contributed by atoms with Crippen LogP contribution < -0.4 is 5.32 Å². The van der Waals surface area contributed by atoms with Crippen LogP contribution in [0.15, 0.2) is 30.3 Å². The molecular weight excluding hydrogens is 248 g/mol. The molecule has 1 atom stereocenters. The zero-order valence-electron chi connectivity index (χ0n) is 10.8. The molecule has 18 heavy (non-hydrogen) atoms. The van der Waals surface area contributed by atoms with Crippen LogP contribution in [-0.2, 0) is 4.79 Å². The van der Waals surface area contributed by atoms with Crippen molar-refractivity contribution < 1.29 is 4.79 Å². The van der Waals surface area contributed by atoms with Gasteiger partial charge in [0.2, 0.25) is 5.91 Å². The number of anilines is 1. The van der Waals surface area contributed by atoms with Crippen molar-refractivity contribution in [3.8, 4) is 0 Å². The summed E-state index contributed by atoms with van der Waals surface area (Å²) in [7, 11) is 0. The maximum atomic E-state index is 12.0. The molecule has 1 fully saturated rings.